The summed E-state index contributed by atoms with van der Waals surface area (Å²) in [7, 11) is 0. The second kappa shape index (κ2) is 6.07. The van der Waals surface area contributed by atoms with Gasteiger partial charge in [-0.05, 0) is 13.8 Å². The molecule has 9 heteroatoms. The van der Waals surface area contributed by atoms with Crippen molar-refractivity contribution in [3.05, 3.63) is 11.1 Å². The molecule has 1 aromatic rings. The standard InChI is InChI=1S/C5H5N3O2S.C4H8O3/c6-3(4(9)10)2-1-11-5(7)8-2;1-4(2,7)3(5)6/h1,6H,(H2,7,8)(H,9,10);7H,1-2H3,(H,5,6). The molecule has 0 unspecified atom stereocenters. The van der Waals surface area contributed by atoms with Gasteiger partial charge >= 0.3 is 11.9 Å². The van der Waals surface area contributed by atoms with Crippen molar-refractivity contribution in [3.63, 3.8) is 0 Å². The van der Waals surface area contributed by atoms with Crippen LogP contribution in [0.5, 0.6) is 0 Å². The molecule has 1 rings (SSSR count). The van der Waals surface area contributed by atoms with E-state index in [-0.39, 0.29) is 10.8 Å². The molecular weight excluding hydrogens is 262 g/mol. The molecule has 0 fully saturated rings. The third kappa shape index (κ3) is 5.37. The first kappa shape index (κ1) is 16.0. The van der Waals surface area contributed by atoms with Crippen LogP contribution in [0.2, 0.25) is 0 Å². The Kier molecular flexibility index (Phi) is 5.40. The van der Waals surface area contributed by atoms with E-state index < -0.39 is 23.3 Å². The topological polar surface area (TPSA) is 158 Å². The number of aliphatic carboxylic acids is 2. The van der Waals surface area contributed by atoms with Gasteiger partial charge in [-0.2, -0.15) is 0 Å². The molecule has 0 aliphatic carbocycles. The molecule has 0 aliphatic heterocycles. The summed E-state index contributed by atoms with van der Waals surface area (Å²) in [6.45, 7) is 2.44. The van der Waals surface area contributed by atoms with Gasteiger partial charge in [-0.25, -0.2) is 14.6 Å². The van der Waals surface area contributed by atoms with Crippen molar-refractivity contribution in [2.24, 2.45) is 0 Å². The summed E-state index contributed by atoms with van der Waals surface area (Å²) in [5.41, 5.74) is 3.23. The number of nitrogens with two attached hydrogens (primary N) is 1. The van der Waals surface area contributed by atoms with E-state index in [1.807, 2.05) is 0 Å². The quantitative estimate of drug-likeness (QED) is 0.486. The lowest BCUT2D eigenvalue weighted by Gasteiger charge is -2.07. The van der Waals surface area contributed by atoms with Gasteiger partial charge in [-0.1, -0.05) is 0 Å². The number of thiazole rings is 1. The molecule has 0 aliphatic rings. The highest BCUT2D eigenvalue weighted by atomic mass is 32.1. The Morgan fingerprint density at radius 2 is 1.89 bits per heavy atom. The number of hydrogen-bond acceptors (Lipinski definition) is 7. The molecule has 6 N–H and O–H groups in total. The van der Waals surface area contributed by atoms with Crippen LogP contribution < -0.4 is 5.73 Å². The van der Waals surface area contributed by atoms with E-state index in [9.17, 15) is 9.59 Å². The number of carboxylic acid groups (broad SMARTS) is 2. The van der Waals surface area contributed by atoms with E-state index in [1.54, 1.807) is 0 Å². The van der Waals surface area contributed by atoms with E-state index >= 15 is 0 Å². The molecule has 0 aromatic carbocycles. The molecule has 0 atom stereocenters. The van der Waals surface area contributed by atoms with Gasteiger partial charge in [0.2, 0.25) is 0 Å². The molecule has 8 nitrogen and oxygen atoms in total. The highest BCUT2D eigenvalue weighted by molar-refractivity contribution is 7.13. The predicted octanol–water partition coefficient (Wildman–Crippen LogP) is 0.0197. The summed E-state index contributed by atoms with van der Waals surface area (Å²) < 4.78 is 0. The molecule has 18 heavy (non-hydrogen) atoms. The van der Waals surface area contributed by atoms with Gasteiger partial charge in [0.05, 0.1) is 0 Å². The molecule has 0 amide bonds. The largest absolute Gasteiger partial charge is 0.479 e. The Morgan fingerprint density at radius 1 is 1.44 bits per heavy atom. The van der Waals surface area contributed by atoms with Crippen molar-refractivity contribution in [2.45, 2.75) is 19.4 Å². The summed E-state index contributed by atoms with van der Waals surface area (Å²) in [6, 6.07) is 0. The van der Waals surface area contributed by atoms with Gasteiger partial charge in [-0.3, -0.25) is 5.41 Å². The minimum absolute atomic E-state index is 0.111. The van der Waals surface area contributed by atoms with Crippen LogP contribution in [-0.2, 0) is 9.59 Å². The Labute approximate surface area is 106 Å². The van der Waals surface area contributed by atoms with E-state index in [0.717, 1.165) is 11.3 Å². The first-order valence-electron chi connectivity index (χ1n) is 4.54. The number of carbonyl (C=O) groups is 2. The lowest BCUT2D eigenvalue weighted by Crippen LogP contribution is -2.30. The highest BCUT2D eigenvalue weighted by Gasteiger charge is 2.21. The van der Waals surface area contributed by atoms with E-state index in [1.165, 1.54) is 19.2 Å². The number of aliphatic hydroxyl groups is 1. The van der Waals surface area contributed by atoms with Crippen molar-refractivity contribution in [3.8, 4) is 0 Å². The Hall–Kier alpha value is -2.00. The van der Waals surface area contributed by atoms with Crippen LogP contribution in [-0.4, -0.2) is 43.6 Å². The van der Waals surface area contributed by atoms with Crippen LogP contribution in [0.3, 0.4) is 0 Å². The number of hydrogen-bond donors (Lipinski definition) is 5. The highest BCUT2D eigenvalue weighted by Crippen LogP contribution is 2.11. The molecule has 0 radical (unpaired) electrons. The Morgan fingerprint density at radius 3 is 2.11 bits per heavy atom. The smallest absolute Gasteiger partial charge is 0.356 e. The van der Waals surface area contributed by atoms with Crippen LogP contribution in [0.15, 0.2) is 5.38 Å². The number of anilines is 1. The average molecular weight is 275 g/mol. The maximum Gasteiger partial charge on any atom is 0.356 e. The Bertz CT molecular complexity index is 463. The molecular formula is C9H13N3O5S. The van der Waals surface area contributed by atoms with Crippen molar-refractivity contribution in [1.82, 2.24) is 4.98 Å². The van der Waals surface area contributed by atoms with E-state index in [4.69, 9.17) is 26.5 Å². The van der Waals surface area contributed by atoms with Gasteiger partial charge < -0.3 is 21.1 Å². The molecule has 100 valence electrons. The van der Waals surface area contributed by atoms with Crippen LogP contribution in [0.1, 0.15) is 19.5 Å². The number of carboxylic acids is 2. The van der Waals surface area contributed by atoms with Crippen LogP contribution >= 0.6 is 11.3 Å². The minimum atomic E-state index is -1.58. The summed E-state index contributed by atoms with van der Waals surface area (Å²) in [5.74, 6) is -2.50. The second-order valence-electron chi connectivity index (χ2n) is 3.62. The zero-order valence-corrected chi connectivity index (χ0v) is 10.5. The van der Waals surface area contributed by atoms with Crippen molar-refractivity contribution >= 4 is 34.1 Å². The molecule has 0 saturated heterocycles. The summed E-state index contributed by atoms with van der Waals surface area (Å²) in [6.07, 6.45) is 0. The van der Waals surface area contributed by atoms with E-state index in [2.05, 4.69) is 4.98 Å². The van der Waals surface area contributed by atoms with Crippen LogP contribution in [0, 0.1) is 5.41 Å². The maximum atomic E-state index is 10.2. The number of nitrogens with one attached hydrogen (secondary N) is 1. The van der Waals surface area contributed by atoms with Crippen LogP contribution in [0.4, 0.5) is 5.13 Å². The third-order valence-electron chi connectivity index (χ3n) is 1.52. The van der Waals surface area contributed by atoms with Gasteiger partial charge in [0.1, 0.15) is 5.69 Å². The normalized spacial score (nSPS) is 10.2. The lowest BCUT2D eigenvalue weighted by atomic mass is 10.1. The van der Waals surface area contributed by atoms with Crippen LogP contribution in [0.25, 0.3) is 0 Å². The summed E-state index contributed by atoms with van der Waals surface area (Å²) >= 11 is 1.11. The predicted molar refractivity (Wildman–Crippen MR) is 64.9 cm³/mol. The first-order chi connectivity index (χ1) is 8.05. The minimum Gasteiger partial charge on any atom is -0.479 e. The lowest BCUT2D eigenvalue weighted by molar-refractivity contribution is -0.154. The number of nitrogens with zero attached hydrogens (tertiary/aromatic N) is 1. The Balaban J connectivity index is 0.000000360. The zero-order valence-electron chi connectivity index (χ0n) is 9.67. The monoisotopic (exact) mass is 275 g/mol. The SMILES string of the molecule is CC(C)(O)C(=O)O.N=C(C(=O)O)c1csc(N)n1. The van der Waals surface area contributed by atoms with Gasteiger partial charge in [-0.15, -0.1) is 11.3 Å². The fourth-order valence-corrected chi connectivity index (χ4v) is 1.07. The second-order valence-corrected chi connectivity index (χ2v) is 4.50. The van der Waals surface area contributed by atoms with Gasteiger partial charge in [0, 0.05) is 5.38 Å². The molecule has 0 bridgehead atoms. The fourth-order valence-electron chi connectivity index (χ4n) is 0.512. The number of rotatable bonds is 3. The van der Waals surface area contributed by atoms with Crippen molar-refractivity contribution < 1.29 is 24.9 Å². The molecule has 0 saturated carbocycles. The van der Waals surface area contributed by atoms with Gasteiger partial charge in [0.25, 0.3) is 0 Å². The number of nitrogen functional groups attached to an aromatic ring is 1. The van der Waals surface area contributed by atoms with E-state index in [0.29, 0.717) is 0 Å². The zero-order chi connectivity index (χ0) is 14.5. The van der Waals surface area contributed by atoms with Crippen molar-refractivity contribution in [1.29, 1.82) is 5.41 Å². The average Bonchev–Trinajstić information content (AvgIpc) is 2.63. The number of aromatic nitrogens is 1. The maximum absolute atomic E-state index is 10.2. The molecule has 1 heterocycles. The molecule has 1 aromatic heterocycles. The first-order valence-corrected chi connectivity index (χ1v) is 5.42. The molecule has 0 spiro atoms. The fraction of sp³-hybridized carbons (Fsp3) is 0.333. The summed E-state index contributed by atoms with van der Waals surface area (Å²) in [5, 5.41) is 33.5. The van der Waals surface area contributed by atoms with Gasteiger partial charge in [0.15, 0.2) is 16.4 Å². The summed E-state index contributed by atoms with van der Waals surface area (Å²) in [4.78, 5) is 23.6. The third-order valence-corrected chi connectivity index (χ3v) is 2.19. The van der Waals surface area contributed by atoms with Crippen molar-refractivity contribution in [2.75, 3.05) is 5.73 Å².